The molecule has 0 radical (unpaired) electrons. The Kier molecular flexibility index (Phi) is 3.19. The molecule has 1 N–H and O–H groups in total. The van der Waals surface area contributed by atoms with Crippen molar-refractivity contribution < 1.29 is 5.11 Å². The van der Waals surface area contributed by atoms with Gasteiger partial charge in [0, 0.05) is 12.7 Å². The molecule has 0 fully saturated rings. The van der Waals surface area contributed by atoms with E-state index in [4.69, 9.17) is 0 Å². The maximum absolute atomic E-state index is 9.59. The van der Waals surface area contributed by atoms with E-state index in [1.807, 2.05) is 37.2 Å². The second-order valence-electron chi connectivity index (χ2n) is 3.03. The largest absolute Gasteiger partial charge is 0.385 e. The van der Waals surface area contributed by atoms with Crippen molar-refractivity contribution in [2.24, 2.45) is 0 Å². The highest BCUT2D eigenvalue weighted by Crippen LogP contribution is 2.08. The van der Waals surface area contributed by atoms with Gasteiger partial charge in [0.05, 0.1) is 5.69 Å². The van der Waals surface area contributed by atoms with Gasteiger partial charge in [0.2, 0.25) is 0 Å². The van der Waals surface area contributed by atoms with Crippen LogP contribution in [0.5, 0.6) is 0 Å². The first-order valence-corrected chi connectivity index (χ1v) is 3.94. The van der Waals surface area contributed by atoms with Crippen molar-refractivity contribution in [2.45, 2.75) is 6.10 Å². The minimum Gasteiger partial charge on any atom is -0.385 e. The minimum absolute atomic E-state index is 0.485. The van der Waals surface area contributed by atoms with Crippen LogP contribution in [0.3, 0.4) is 0 Å². The molecule has 0 unspecified atom stereocenters. The lowest BCUT2D eigenvalue weighted by atomic mass is 10.2. The molecule has 0 saturated heterocycles. The van der Waals surface area contributed by atoms with Crippen LogP contribution < -0.4 is 0 Å². The standard InChI is InChI=1S/C9H14N2O/c1-11(2)7-9(12)8-5-3-4-6-10-8/h3-6,9,12H,7H2,1-2H3/t9-/m1/s1. The number of hydrogen-bond acceptors (Lipinski definition) is 3. The Hall–Kier alpha value is -0.930. The second-order valence-corrected chi connectivity index (χ2v) is 3.03. The summed E-state index contributed by atoms with van der Waals surface area (Å²) in [5, 5.41) is 9.59. The molecule has 0 saturated carbocycles. The molecule has 0 aliphatic carbocycles. The van der Waals surface area contributed by atoms with Crippen molar-refractivity contribution in [1.82, 2.24) is 9.88 Å². The molecule has 1 atom stereocenters. The monoisotopic (exact) mass is 166 g/mol. The van der Waals surface area contributed by atoms with Gasteiger partial charge >= 0.3 is 0 Å². The molecule has 0 aliphatic heterocycles. The summed E-state index contributed by atoms with van der Waals surface area (Å²) >= 11 is 0. The first-order chi connectivity index (χ1) is 5.70. The Labute approximate surface area is 72.7 Å². The van der Waals surface area contributed by atoms with Crippen molar-refractivity contribution in [2.75, 3.05) is 20.6 Å². The zero-order valence-electron chi connectivity index (χ0n) is 7.44. The predicted molar refractivity (Wildman–Crippen MR) is 47.8 cm³/mol. The van der Waals surface area contributed by atoms with Gasteiger partial charge in [-0.2, -0.15) is 0 Å². The van der Waals surface area contributed by atoms with Crippen molar-refractivity contribution >= 4 is 0 Å². The molecule has 3 nitrogen and oxygen atoms in total. The summed E-state index contributed by atoms with van der Waals surface area (Å²) in [6, 6.07) is 5.54. The Bertz CT molecular complexity index is 223. The lowest BCUT2D eigenvalue weighted by molar-refractivity contribution is 0.134. The lowest BCUT2D eigenvalue weighted by Crippen LogP contribution is -2.20. The summed E-state index contributed by atoms with van der Waals surface area (Å²) in [7, 11) is 3.85. The topological polar surface area (TPSA) is 36.4 Å². The molecule has 0 bridgehead atoms. The molecule has 0 amide bonds. The van der Waals surface area contributed by atoms with Crippen molar-refractivity contribution in [1.29, 1.82) is 0 Å². The number of pyridine rings is 1. The van der Waals surface area contributed by atoms with Crippen LogP contribution in [0.1, 0.15) is 11.8 Å². The summed E-state index contributed by atoms with van der Waals surface area (Å²) in [5.41, 5.74) is 0.728. The molecule has 1 rings (SSSR count). The quantitative estimate of drug-likeness (QED) is 0.717. The first-order valence-electron chi connectivity index (χ1n) is 3.94. The van der Waals surface area contributed by atoms with E-state index in [9.17, 15) is 5.11 Å². The number of aliphatic hydroxyl groups excluding tert-OH is 1. The molecule has 3 heteroatoms. The van der Waals surface area contributed by atoms with Gasteiger partial charge in [-0.25, -0.2) is 0 Å². The normalized spacial score (nSPS) is 13.3. The van der Waals surface area contributed by atoms with Crippen LogP contribution in [0.15, 0.2) is 24.4 Å². The third-order valence-electron chi connectivity index (χ3n) is 1.57. The lowest BCUT2D eigenvalue weighted by Gasteiger charge is -2.14. The Morgan fingerprint density at radius 1 is 1.50 bits per heavy atom. The van der Waals surface area contributed by atoms with Gasteiger partial charge in [-0.1, -0.05) is 6.07 Å². The van der Waals surface area contributed by atoms with E-state index in [1.54, 1.807) is 6.20 Å². The van der Waals surface area contributed by atoms with Gasteiger partial charge in [-0.05, 0) is 26.2 Å². The van der Waals surface area contributed by atoms with Crippen LogP contribution in [-0.4, -0.2) is 35.6 Å². The molecule has 12 heavy (non-hydrogen) atoms. The van der Waals surface area contributed by atoms with Gasteiger partial charge in [0.25, 0.3) is 0 Å². The van der Waals surface area contributed by atoms with Crippen LogP contribution in [-0.2, 0) is 0 Å². The fraction of sp³-hybridized carbons (Fsp3) is 0.444. The Morgan fingerprint density at radius 3 is 2.75 bits per heavy atom. The average Bonchev–Trinajstić information content (AvgIpc) is 2.05. The molecular formula is C9H14N2O. The third-order valence-corrected chi connectivity index (χ3v) is 1.57. The zero-order valence-corrected chi connectivity index (χ0v) is 7.44. The molecule has 0 aliphatic rings. The molecule has 1 aromatic heterocycles. The van der Waals surface area contributed by atoms with Crippen LogP contribution in [0, 0.1) is 0 Å². The number of aliphatic hydroxyl groups is 1. The Balaban J connectivity index is 2.59. The van der Waals surface area contributed by atoms with Crippen molar-refractivity contribution in [3.63, 3.8) is 0 Å². The van der Waals surface area contributed by atoms with E-state index in [-0.39, 0.29) is 0 Å². The van der Waals surface area contributed by atoms with Crippen LogP contribution in [0.2, 0.25) is 0 Å². The number of likely N-dealkylation sites (N-methyl/N-ethyl adjacent to an activating group) is 1. The molecule has 1 aromatic rings. The first kappa shape index (κ1) is 9.16. The van der Waals surface area contributed by atoms with Gasteiger partial charge < -0.3 is 10.0 Å². The minimum atomic E-state index is -0.485. The predicted octanol–water partition coefficient (Wildman–Crippen LogP) is 0.677. The summed E-state index contributed by atoms with van der Waals surface area (Å²) in [6.07, 6.45) is 1.20. The number of nitrogens with zero attached hydrogens (tertiary/aromatic N) is 2. The van der Waals surface area contributed by atoms with E-state index in [0.29, 0.717) is 6.54 Å². The number of hydrogen-bond donors (Lipinski definition) is 1. The highest BCUT2D eigenvalue weighted by atomic mass is 16.3. The molecule has 66 valence electrons. The zero-order chi connectivity index (χ0) is 8.97. The maximum Gasteiger partial charge on any atom is 0.109 e. The Morgan fingerprint density at radius 2 is 2.25 bits per heavy atom. The van der Waals surface area contributed by atoms with Crippen LogP contribution >= 0.6 is 0 Å². The molecule has 1 heterocycles. The number of aromatic nitrogens is 1. The fourth-order valence-electron chi connectivity index (χ4n) is 1.01. The van der Waals surface area contributed by atoms with Gasteiger partial charge in [0.1, 0.15) is 6.10 Å². The van der Waals surface area contributed by atoms with Crippen molar-refractivity contribution in [3.8, 4) is 0 Å². The summed E-state index contributed by atoms with van der Waals surface area (Å²) < 4.78 is 0. The maximum atomic E-state index is 9.59. The van der Waals surface area contributed by atoms with E-state index in [1.165, 1.54) is 0 Å². The van der Waals surface area contributed by atoms with Crippen molar-refractivity contribution in [3.05, 3.63) is 30.1 Å². The fourth-order valence-corrected chi connectivity index (χ4v) is 1.01. The average molecular weight is 166 g/mol. The third kappa shape index (κ3) is 2.60. The van der Waals surface area contributed by atoms with E-state index < -0.39 is 6.10 Å². The highest BCUT2D eigenvalue weighted by Gasteiger charge is 2.08. The second kappa shape index (κ2) is 4.18. The molecular weight excluding hydrogens is 152 g/mol. The number of rotatable bonds is 3. The van der Waals surface area contributed by atoms with Gasteiger partial charge in [-0.15, -0.1) is 0 Å². The van der Waals surface area contributed by atoms with E-state index in [2.05, 4.69) is 4.98 Å². The van der Waals surface area contributed by atoms with Gasteiger partial charge in [-0.3, -0.25) is 4.98 Å². The summed E-state index contributed by atoms with van der Waals surface area (Å²) in [4.78, 5) is 5.98. The molecule has 0 aromatic carbocycles. The van der Waals surface area contributed by atoms with Crippen LogP contribution in [0.4, 0.5) is 0 Å². The van der Waals surface area contributed by atoms with E-state index in [0.717, 1.165) is 5.69 Å². The SMILES string of the molecule is CN(C)C[C@@H](O)c1ccccn1. The van der Waals surface area contributed by atoms with Crippen LogP contribution in [0.25, 0.3) is 0 Å². The highest BCUT2D eigenvalue weighted by molar-refractivity contribution is 5.06. The summed E-state index contributed by atoms with van der Waals surface area (Å²) in [6.45, 7) is 0.608. The summed E-state index contributed by atoms with van der Waals surface area (Å²) in [5.74, 6) is 0. The molecule has 0 spiro atoms. The smallest absolute Gasteiger partial charge is 0.109 e. The van der Waals surface area contributed by atoms with E-state index >= 15 is 0 Å². The van der Waals surface area contributed by atoms with Gasteiger partial charge in [0.15, 0.2) is 0 Å².